The molecular formula is C20H31FN4O3S. The number of nitrogens with zero attached hydrogens (tertiary/aromatic N) is 2. The van der Waals surface area contributed by atoms with Crippen molar-refractivity contribution in [2.75, 3.05) is 26.4 Å². The summed E-state index contributed by atoms with van der Waals surface area (Å²) in [5.41, 5.74) is 1.14. The Morgan fingerprint density at radius 1 is 1.31 bits per heavy atom. The Balaban J connectivity index is 1.91. The van der Waals surface area contributed by atoms with Crippen LogP contribution in [0.2, 0.25) is 0 Å². The van der Waals surface area contributed by atoms with E-state index in [4.69, 9.17) is 0 Å². The van der Waals surface area contributed by atoms with Crippen molar-refractivity contribution < 1.29 is 17.6 Å². The molecule has 1 amide bonds. The zero-order chi connectivity index (χ0) is 21.4. The minimum Gasteiger partial charge on any atom is -0.356 e. The summed E-state index contributed by atoms with van der Waals surface area (Å²) in [6.45, 7) is 3.80. The third-order valence-electron chi connectivity index (χ3n) is 5.05. The normalized spacial score (nSPS) is 16.2. The zero-order valence-corrected chi connectivity index (χ0v) is 18.2. The highest BCUT2D eigenvalue weighted by atomic mass is 32.2. The number of nitrogens with one attached hydrogen (secondary N) is 2. The number of amides is 1. The molecule has 1 aromatic carbocycles. The third-order valence-corrected chi connectivity index (χ3v) is 5.88. The van der Waals surface area contributed by atoms with Gasteiger partial charge in [0.1, 0.15) is 5.82 Å². The van der Waals surface area contributed by atoms with Crippen LogP contribution in [0, 0.1) is 5.82 Å². The zero-order valence-electron chi connectivity index (χ0n) is 17.4. The van der Waals surface area contributed by atoms with Crippen LogP contribution in [0.1, 0.15) is 43.7 Å². The molecule has 1 atom stereocenters. The highest BCUT2D eigenvalue weighted by Crippen LogP contribution is 2.18. The summed E-state index contributed by atoms with van der Waals surface area (Å²) in [6.07, 6.45) is 4.43. The summed E-state index contributed by atoms with van der Waals surface area (Å²) in [6, 6.07) is 4.32. The minimum atomic E-state index is -3.22. The van der Waals surface area contributed by atoms with Gasteiger partial charge in [-0.1, -0.05) is 13.0 Å². The number of hydrogen-bond donors (Lipinski definition) is 2. The maximum Gasteiger partial charge on any atom is 0.222 e. The summed E-state index contributed by atoms with van der Waals surface area (Å²) in [7, 11) is -1.59. The van der Waals surface area contributed by atoms with Crippen LogP contribution in [0.5, 0.6) is 0 Å². The number of carbonyl (C=O) groups excluding carboxylic acids is 1. The molecule has 0 radical (unpaired) electrons. The predicted molar refractivity (Wildman–Crippen MR) is 113 cm³/mol. The van der Waals surface area contributed by atoms with Gasteiger partial charge in [0.15, 0.2) is 15.8 Å². The number of likely N-dealkylation sites (tertiary alicyclic amines) is 1. The van der Waals surface area contributed by atoms with E-state index in [0.29, 0.717) is 30.1 Å². The summed E-state index contributed by atoms with van der Waals surface area (Å²) in [4.78, 5) is 18.1. The number of guanidine groups is 1. The van der Waals surface area contributed by atoms with Gasteiger partial charge in [-0.2, -0.15) is 0 Å². The SMILES string of the molecule is CCC(CCNC(=NC)NCc1cc(F)ccc1CS(C)(=O)=O)N1CCCC1=O. The van der Waals surface area contributed by atoms with Gasteiger partial charge in [0.05, 0.1) is 5.75 Å². The smallest absolute Gasteiger partial charge is 0.222 e. The lowest BCUT2D eigenvalue weighted by atomic mass is 10.1. The van der Waals surface area contributed by atoms with Crippen molar-refractivity contribution in [2.45, 2.75) is 50.9 Å². The molecule has 1 aliphatic heterocycles. The van der Waals surface area contributed by atoms with Crippen molar-refractivity contribution in [3.05, 3.63) is 35.1 Å². The van der Waals surface area contributed by atoms with Gasteiger partial charge in [-0.15, -0.1) is 0 Å². The molecule has 2 N–H and O–H groups in total. The molecule has 9 heteroatoms. The van der Waals surface area contributed by atoms with E-state index in [-0.39, 0.29) is 24.2 Å². The number of sulfone groups is 1. The summed E-state index contributed by atoms with van der Waals surface area (Å²) >= 11 is 0. The molecule has 1 aliphatic rings. The summed E-state index contributed by atoms with van der Waals surface area (Å²) < 4.78 is 36.9. The Labute approximate surface area is 172 Å². The second-order valence-corrected chi connectivity index (χ2v) is 9.52. The largest absolute Gasteiger partial charge is 0.356 e. The van der Waals surface area contributed by atoms with Gasteiger partial charge < -0.3 is 15.5 Å². The number of hydrogen-bond acceptors (Lipinski definition) is 4. The molecule has 7 nitrogen and oxygen atoms in total. The van der Waals surface area contributed by atoms with E-state index in [1.165, 1.54) is 18.2 Å². The first-order chi connectivity index (χ1) is 13.7. The molecule has 162 valence electrons. The van der Waals surface area contributed by atoms with Gasteiger partial charge in [-0.05, 0) is 42.5 Å². The minimum absolute atomic E-state index is 0.141. The van der Waals surface area contributed by atoms with Crippen molar-refractivity contribution in [1.82, 2.24) is 15.5 Å². The van der Waals surface area contributed by atoms with Crippen LogP contribution in [0.3, 0.4) is 0 Å². The second-order valence-electron chi connectivity index (χ2n) is 7.38. The molecule has 1 heterocycles. The Hall–Kier alpha value is -2.16. The molecular weight excluding hydrogens is 395 g/mol. The van der Waals surface area contributed by atoms with Crippen molar-refractivity contribution in [3.63, 3.8) is 0 Å². The molecule has 1 aromatic rings. The summed E-state index contributed by atoms with van der Waals surface area (Å²) in [5.74, 6) is 0.215. The number of carbonyl (C=O) groups is 1. The summed E-state index contributed by atoms with van der Waals surface area (Å²) in [5, 5.41) is 6.32. The van der Waals surface area contributed by atoms with Crippen LogP contribution in [0.25, 0.3) is 0 Å². The average Bonchev–Trinajstić information content (AvgIpc) is 3.08. The topological polar surface area (TPSA) is 90.9 Å². The van der Waals surface area contributed by atoms with E-state index in [0.717, 1.165) is 32.1 Å². The first kappa shape index (κ1) is 23.1. The molecule has 0 saturated carbocycles. The van der Waals surface area contributed by atoms with Gasteiger partial charge in [0.2, 0.25) is 5.91 Å². The number of benzene rings is 1. The van der Waals surface area contributed by atoms with Crippen molar-refractivity contribution in [1.29, 1.82) is 0 Å². The van der Waals surface area contributed by atoms with Crippen LogP contribution in [-0.2, 0) is 26.9 Å². The number of halogens is 1. The first-order valence-electron chi connectivity index (χ1n) is 9.92. The van der Waals surface area contributed by atoms with Gasteiger partial charge in [0, 0.05) is 45.4 Å². The fourth-order valence-corrected chi connectivity index (χ4v) is 4.42. The third kappa shape index (κ3) is 7.30. The molecule has 29 heavy (non-hydrogen) atoms. The van der Waals surface area contributed by atoms with Crippen LogP contribution < -0.4 is 10.6 Å². The van der Waals surface area contributed by atoms with Gasteiger partial charge in [-0.3, -0.25) is 9.79 Å². The Morgan fingerprint density at radius 2 is 2.07 bits per heavy atom. The molecule has 2 rings (SSSR count). The lowest BCUT2D eigenvalue weighted by Gasteiger charge is -2.27. The van der Waals surface area contributed by atoms with E-state index in [2.05, 4.69) is 22.5 Å². The quantitative estimate of drug-likeness (QED) is 0.464. The van der Waals surface area contributed by atoms with Crippen LogP contribution in [0.15, 0.2) is 23.2 Å². The molecule has 0 spiro atoms. The average molecular weight is 427 g/mol. The Bertz CT molecular complexity index is 842. The fraction of sp³-hybridized carbons (Fsp3) is 0.600. The molecule has 0 aliphatic carbocycles. The van der Waals surface area contributed by atoms with Gasteiger partial charge in [0.25, 0.3) is 0 Å². The Morgan fingerprint density at radius 3 is 2.66 bits per heavy atom. The van der Waals surface area contributed by atoms with Crippen LogP contribution in [0.4, 0.5) is 4.39 Å². The maximum absolute atomic E-state index is 13.6. The highest BCUT2D eigenvalue weighted by Gasteiger charge is 2.26. The van der Waals surface area contributed by atoms with E-state index >= 15 is 0 Å². The monoisotopic (exact) mass is 426 g/mol. The first-order valence-corrected chi connectivity index (χ1v) is 12.0. The van der Waals surface area contributed by atoms with Gasteiger partial charge in [-0.25, -0.2) is 12.8 Å². The second kappa shape index (κ2) is 10.6. The van der Waals surface area contributed by atoms with E-state index in [1.54, 1.807) is 7.05 Å². The van der Waals surface area contributed by atoms with E-state index < -0.39 is 15.7 Å². The predicted octanol–water partition coefficient (Wildman–Crippen LogP) is 1.83. The molecule has 1 unspecified atom stereocenters. The van der Waals surface area contributed by atoms with Crippen molar-refractivity contribution >= 4 is 21.7 Å². The van der Waals surface area contributed by atoms with E-state index in [1.807, 2.05) is 4.90 Å². The molecule has 1 fully saturated rings. The molecule has 0 aromatic heterocycles. The number of rotatable bonds is 9. The Kier molecular flexibility index (Phi) is 8.43. The van der Waals surface area contributed by atoms with Crippen molar-refractivity contribution in [3.8, 4) is 0 Å². The van der Waals surface area contributed by atoms with Gasteiger partial charge >= 0.3 is 0 Å². The molecule has 1 saturated heterocycles. The van der Waals surface area contributed by atoms with Crippen LogP contribution >= 0.6 is 0 Å². The number of aliphatic imine (C=N–C) groups is 1. The van der Waals surface area contributed by atoms with Crippen molar-refractivity contribution in [2.24, 2.45) is 4.99 Å². The molecule has 0 bridgehead atoms. The maximum atomic E-state index is 13.6. The standard InChI is InChI=1S/C20H31FN4O3S/c1-4-18(25-11-5-6-19(25)26)9-10-23-20(22-2)24-13-16-12-17(21)8-7-15(16)14-29(3,27)28/h7-8,12,18H,4-6,9-11,13-14H2,1-3H3,(H2,22,23,24). The lowest BCUT2D eigenvalue weighted by Crippen LogP contribution is -2.41. The van der Waals surface area contributed by atoms with Crippen LogP contribution in [-0.4, -0.2) is 57.6 Å². The fourth-order valence-electron chi connectivity index (χ4n) is 3.57. The van der Waals surface area contributed by atoms with E-state index in [9.17, 15) is 17.6 Å². The lowest BCUT2D eigenvalue weighted by molar-refractivity contribution is -0.129. The highest BCUT2D eigenvalue weighted by molar-refractivity contribution is 7.89.